The van der Waals surface area contributed by atoms with Crippen molar-refractivity contribution in [2.45, 2.75) is 33.9 Å². The Morgan fingerprint density at radius 3 is 2.81 bits per heavy atom. The number of carbonyl (C=O) groups excluding carboxylic acids is 1. The lowest BCUT2D eigenvalue weighted by atomic mass is 10.2. The van der Waals surface area contributed by atoms with Gasteiger partial charge in [-0.15, -0.1) is 0 Å². The molecule has 3 aromatic heterocycles. The highest BCUT2D eigenvalue weighted by atomic mass is 16.5. The van der Waals surface area contributed by atoms with Gasteiger partial charge in [0.15, 0.2) is 0 Å². The number of carbonyl (C=O) groups is 1. The Kier molecular flexibility index (Phi) is 4.23. The number of aryl methyl sites for hydroxylation is 3. The number of hydrogen-bond donors (Lipinski definition) is 1. The molecule has 4 aromatic rings. The molecule has 4 rings (SSSR count). The molecule has 0 fully saturated rings. The SMILES string of the molecule is CCn1cc(-c2cc(C(=O)Nc3ccc4c(c3)ncn4CC)on2)c(C)n1. The second-order valence-electron chi connectivity index (χ2n) is 6.25. The smallest absolute Gasteiger partial charge is 0.294 e. The average Bonchev–Trinajstić information content (AvgIpc) is 3.38. The molecule has 1 aromatic carbocycles. The molecule has 138 valence electrons. The van der Waals surface area contributed by atoms with Gasteiger partial charge >= 0.3 is 0 Å². The van der Waals surface area contributed by atoms with Crippen molar-refractivity contribution < 1.29 is 9.32 Å². The van der Waals surface area contributed by atoms with Gasteiger partial charge in [0, 0.05) is 36.6 Å². The Bertz CT molecular complexity index is 1120. The maximum absolute atomic E-state index is 12.5. The maximum Gasteiger partial charge on any atom is 0.294 e. The highest BCUT2D eigenvalue weighted by Crippen LogP contribution is 2.23. The number of hydrogen-bond acceptors (Lipinski definition) is 5. The Labute approximate surface area is 155 Å². The number of imidazole rings is 1. The fourth-order valence-electron chi connectivity index (χ4n) is 3.03. The van der Waals surface area contributed by atoms with Crippen LogP contribution in [0.4, 0.5) is 5.69 Å². The Morgan fingerprint density at radius 1 is 1.22 bits per heavy atom. The molecule has 0 aliphatic rings. The lowest BCUT2D eigenvalue weighted by molar-refractivity contribution is 0.0988. The van der Waals surface area contributed by atoms with E-state index >= 15 is 0 Å². The molecular formula is C19H20N6O2. The molecular weight excluding hydrogens is 344 g/mol. The van der Waals surface area contributed by atoms with Crippen molar-refractivity contribution in [3.8, 4) is 11.3 Å². The van der Waals surface area contributed by atoms with E-state index in [0.717, 1.165) is 35.4 Å². The van der Waals surface area contributed by atoms with Crippen LogP contribution >= 0.6 is 0 Å². The topological polar surface area (TPSA) is 90.8 Å². The van der Waals surface area contributed by atoms with Crippen molar-refractivity contribution in [2.75, 3.05) is 5.32 Å². The third kappa shape index (κ3) is 3.10. The van der Waals surface area contributed by atoms with Gasteiger partial charge in [-0.3, -0.25) is 9.48 Å². The van der Waals surface area contributed by atoms with Crippen molar-refractivity contribution in [1.29, 1.82) is 0 Å². The van der Waals surface area contributed by atoms with E-state index in [2.05, 4.69) is 27.5 Å². The van der Waals surface area contributed by atoms with Crippen LogP contribution in [0.15, 0.2) is 41.3 Å². The number of nitrogens with zero attached hydrogens (tertiary/aromatic N) is 5. The second-order valence-corrected chi connectivity index (χ2v) is 6.25. The van der Waals surface area contributed by atoms with E-state index in [1.165, 1.54) is 0 Å². The van der Waals surface area contributed by atoms with Gasteiger partial charge in [0.1, 0.15) is 5.69 Å². The molecule has 0 saturated heterocycles. The van der Waals surface area contributed by atoms with E-state index in [1.807, 2.05) is 47.5 Å². The van der Waals surface area contributed by atoms with E-state index in [0.29, 0.717) is 11.4 Å². The summed E-state index contributed by atoms with van der Waals surface area (Å²) in [5.41, 5.74) is 4.80. The minimum Gasteiger partial charge on any atom is -0.350 e. The molecule has 8 nitrogen and oxygen atoms in total. The predicted molar refractivity (Wildman–Crippen MR) is 101 cm³/mol. The molecule has 0 spiro atoms. The molecule has 0 aliphatic heterocycles. The third-order valence-corrected chi connectivity index (χ3v) is 4.50. The maximum atomic E-state index is 12.5. The number of anilines is 1. The molecule has 0 saturated carbocycles. The van der Waals surface area contributed by atoms with Crippen LogP contribution < -0.4 is 5.32 Å². The Balaban J connectivity index is 1.55. The zero-order chi connectivity index (χ0) is 19.0. The monoisotopic (exact) mass is 364 g/mol. The van der Waals surface area contributed by atoms with Crippen LogP contribution in [0.5, 0.6) is 0 Å². The first-order valence-corrected chi connectivity index (χ1v) is 8.86. The van der Waals surface area contributed by atoms with Crippen molar-refractivity contribution in [3.05, 3.63) is 48.2 Å². The summed E-state index contributed by atoms with van der Waals surface area (Å²) in [6, 6.07) is 7.26. The van der Waals surface area contributed by atoms with Crippen LogP contribution in [0.1, 0.15) is 30.1 Å². The summed E-state index contributed by atoms with van der Waals surface area (Å²) in [5.74, 6) is -0.212. The van der Waals surface area contributed by atoms with E-state index < -0.39 is 0 Å². The van der Waals surface area contributed by atoms with Gasteiger partial charge in [0.05, 0.1) is 23.1 Å². The molecule has 8 heteroatoms. The van der Waals surface area contributed by atoms with Gasteiger partial charge in [-0.05, 0) is 39.0 Å². The van der Waals surface area contributed by atoms with Gasteiger partial charge in [-0.25, -0.2) is 4.98 Å². The molecule has 0 aliphatic carbocycles. The van der Waals surface area contributed by atoms with Gasteiger partial charge < -0.3 is 14.4 Å². The van der Waals surface area contributed by atoms with Crippen LogP contribution in [0, 0.1) is 6.92 Å². The summed E-state index contributed by atoms with van der Waals surface area (Å²) >= 11 is 0. The van der Waals surface area contributed by atoms with Crippen molar-refractivity contribution in [3.63, 3.8) is 0 Å². The molecule has 1 amide bonds. The summed E-state index contributed by atoms with van der Waals surface area (Å²) < 4.78 is 9.11. The Hall–Kier alpha value is -3.42. The lowest BCUT2D eigenvalue weighted by Gasteiger charge is -2.03. The molecule has 0 atom stereocenters. The van der Waals surface area contributed by atoms with E-state index in [1.54, 1.807) is 12.4 Å². The van der Waals surface area contributed by atoms with Crippen LogP contribution in [-0.4, -0.2) is 30.4 Å². The zero-order valence-electron chi connectivity index (χ0n) is 15.4. The summed E-state index contributed by atoms with van der Waals surface area (Å²) in [6.07, 6.45) is 3.69. The first-order valence-electron chi connectivity index (χ1n) is 8.86. The summed E-state index contributed by atoms with van der Waals surface area (Å²) in [5, 5.41) is 11.2. The molecule has 1 N–H and O–H groups in total. The van der Waals surface area contributed by atoms with Crippen molar-refractivity contribution in [1.82, 2.24) is 24.5 Å². The normalized spacial score (nSPS) is 11.2. The minimum atomic E-state index is -0.358. The van der Waals surface area contributed by atoms with Gasteiger partial charge in [-0.2, -0.15) is 5.10 Å². The molecule has 0 unspecified atom stereocenters. The third-order valence-electron chi connectivity index (χ3n) is 4.50. The number of aromatic nitrogens is 5. The van der Waals surface area contributed by atoms with Crippen LogP contribution in [0.3, 0.4) is 0 Å². The lowest BCUT2D eigenvalue weighted by Crippen LogP contribution is -2.10. The quantitative estimate of drug-likeness (QED) is 0.585. The van der Waals surface area contributed by atoms with Gasteiger partial charge in [0.2, 0.25) is 5.76 Å². The average molecular weight is 364 g/mol. The minimum absolute atomic E-state index is 0.146. The van der Waals surface area contributed by atoms with E-state index in [9.17, 15) is 4.79 Å². The summed E-state index contributed by atoms with van der Waals surface area (Å²) in [7, 11) is 0. The Morgan fingerprint density at radius 2 is 2.07 bits per heavy atom. The predicted octanol–water partition coefficient (Wildman–Crippen LogP) is 3.49. The molecule has 0 bridgehead atoms. The highest BCUT2D eigenvalue weighted by Gasteiger charge is 2.17. The highest BCUT2D eigenvalue weighted by molar-refractivity contribution is 6.03. The number of nitrogens with one attached hydrogen (secondary N) is 1. The van der Waals surface area contributed by atoms with Gasteiger partial charge in [0.25, 0.3) is 5.91 Å². The number of fused-ring (bicyclic) bond motifs is 1. The first-order chi connectivity index (χ1) is 13.1. The fraction of sp³-hybridized carbons (Fsp3) is 0.263. The van der Waals surface area contributed by atoms with Gasteiger partial charge in [-0.1, -0.05) is 5.16 Å². The van der Waals surface area contributed by atoms with Crippen molar-refractivity contribution in [2.24, 2.45) is 0 Å². The summed E-state index contributed by atoms with van der Waals surface area (Å²) in [6.45, 7) is 7.59. The van der Waals surface area contributed by atoms with E-state index in [4.69, 9.17) is 4.52 Å². The standard InChI is InChI=1S/C19H20N6O2/c1-4-24-11-20-16-8-13(6-7-17(16)24)21-19(26)18-9-15(23-27-18)14-10-25(5-2)22-12(14)3/h6-11H,4-5H2,1-3H3,(H,21,26). The van der Waals surface area contributed by atoms with E-state index in [-0.39, 0.29) is 11.7 Å². The molecule has 3 heterocycles. The first kappa shape index (κ1) is 17.0. The van der Waals surface area contributed by atoms with Crippen LogP contribution in [0.25, 0.3) is 22.3 Å². The van der Waals surface area contributed by atoms with Crippen molar-refractivity contribution >= 4 is 22.6 Å². The molecule has 0 radical (unpaired) electrons. The fourth-order valence-corrected chi connectivity index (χ4v) is 3.03. The van der Waals surface area contributed by atoms with Crippen LogP contribution in [-0.2, 0) is 13.1 Å². The number of benzene rings is 1. The summed E-state index contributed by atoms with van der Waals surface area (Å²) in [4.78, 5) is 16.9. The van der Waals surface area contributed by atoms with Crippen LogP contribution in [0.2, 0.25) is 0 Å². The number of rotatable bonds is 5. The number of amides is 1. The zero-order valence-corrected chi connectivity index (χ0v) is 15.4. The second kappa shape index (κ2) is 6.71. The largest absolute Gasteiger partial charge is 0.350 e. The molecule has 27 heavy (non-hydrogen) atoms.